The van der Waals surface area contributed by atoms with Gasteiger partial charge in [0.25, 0.3) is 0 Å². The molecule has 0 fully saturated rings. The van der Waals surface area contributed by atoms with Crippen LogP contribution in [-0.2, 0) is 0 Å². The Balaban J connectivity index is 3.22. The Hall–Kier alpha value is -0.500. The van der Waals surface area contributed by atoms with Crippen molar-refractivity contribution in [1.29, 1.82) is 0 Å². The molecule has 0 bridgehead atoms. The minimum Gasteiger partial charge on any atom is -0.321 e. The number of nitrogens with two attached hydrogens (primary N) is 1. The fourth-order valence-corrected chi connectivity index (χ4v) is 1.54. The van der Waals surface area contributed by atoms with Gasteiger partial charge in [-0.25, -0.2) is 0 Å². The number of benzene rings is 1. The summed E-state index contributed by atoms with van der Waals surface area (Å²) < 4.78 is 0. The van der Waals surface area contributed by atoms with Crippen LogP contribution in [0.1, 0.15) is 17.2 Å². The molecule has 70 valence electrons. The predicted molar refractivity (Wildman–Crippen MR) is 58.3 cm³/mol. The predicted octanol–water partition coefficient (Wildman–Crippen LogP) is 3.49. The van der Waals surface area contributed by atoms with E-state index in [4.69, 9.17) is 28.9 Å². The summed E-state index contributed by atoms with van der Waals surface area (Å²) in [5.74, 6) is 0. The number of rotatable bonds is 2. The first kappa shape index (κ1) is 10.6. The van der Waals surface area contributed by atoms with E-state index in [-0.39, 0.29) is 6.04 Å². The second kappa shape index (κ2) is 4.14. The molecule has 1 rings (SSSR count). The summed E-state index contributed by atoms with van der Waals surface area (Å²) in [6.07, 6.45) is 1.67. The van der Waals surface area contributed by atoms with Gasteiger partial charge in [0.1, 0.15) is 0 Å². The molecule has 0 amide bonds. The van der Waals surface area contributed by atoms with Crippen molar-refractivity contribution in [3.63, 3.8) is 0 Å². The Morgan fingerprint density at radius 1 is 1.38 bits per heavy atom. The van der Waals surface area contributed by atoms with Crippen molar-refractivity contribution in [2.45, 2.75) is 13.0 Å². The Morgan fingerprint density at radius 3 is 2.46 bits per heavy atom. The molecule has 1 aromatic rings. The van der Waals surface area contributed by atoms with Crippen molar-refractivity contribution in [2.24, 2.45) is 5.73 Å². The van der Waals surface area contributed by atoms with Gasteiger partial charge in [0.05, 0.1) is 10.0 Å². The van der Waals surface area contributed by atoms with Crippen LogP contribution < -0.4 is 5.73 Å². The third-order valence-corrected chi connectivity index (χ3v) is 2.64. The van der Waals surface area contributed by atoms with Gasteiger partial charge in [0, 0.05) is 6.04 Å². The fraction of sp³-hybridized carbons (Fsp3) is 0.200. The summed E-state index contributed by atoms with van der Waals surface area (Å²) in [6.45, 7) is 5.57. The average Bonchev–Trinajstić information content (AvgIpc) is 2.10. The van der Waals surface area contributed by atoms with Crippen LogP contribution in [0.25, 0.3) is 0 Å². The van der Waals surface area contributed by atoms with Gasteiger partial charge in [-0.2, -0.15) is 0 Å². The molecule has 0 aliphatic heterocycles. The van der Waals surface area contributed by atoms with Gasteiger partial charge in [-0.05, 0) is 30.2 Å². The Labute approximate surface area is 88.1 Å². The highest BCUT2D eigenvalue weighted by Crippen LogP contribution is 2.28. The largest absolute Gasteiger partial charge is 0.321 e. The minimum atomic E-state index is -0.185. The number of hydrogen-bond donors (Lipinski definition) is 1. The summed E-state index contributed by atoms with van der Waals surface area (Å²) in [7, 11) is 0. The van der Waals surface area contributed by atoms with Gasteiger partial charge < -0.3 is 5.73 Å². The van der Waals surface area contributed by atoms with Gasteiger partial charge in [0.15, 0.2) is 0 Å². The summed E-state index contributed by atoms with van der Waals surface area (Å²) in [6, 6.07) is 3.41. The normalized spacial score (nSPS) is 12.6. The van der Waals surface area contributed by atoms with Crippen molar-refractivity contribution in [1.82, 2.24) is 0 Å². The number of hydrogen-bond acceptors (Lipinski definition) is 1. The standard InChI is InChI=1S/C10H11Cl2N/c1-3-10(13)7-5-9(12)8(11)4-6(7)2/h3-5,10H,1,13H2,2H3. The summed E-state index contributed by atoms with van der Waals surface area (Å²) >= 11 is 11.7. The molecule has 0 aliphatic carbocycles. The zero-order valence-electron chi connectivity index (χ0n) is 7.35. The highest BCUT2D eigenvalue weighted by atomic mass is 35.5. The average molecular weight is 216 g/mol. The lowest BCUT2D eigenvalue weighted by Crippen LogP contribution is -2.08. The summed E-state index contributed by atoms with van der Waals surface area (Å²) in [5, 5.41) is 1.08. The summed E-state index contributed by atoms with van der Waals surface area (Å²) in [5.41, 5.74) is 7.79. The van der Waals surface area contributed by atoms with Gasteiger partial charge in [-0.3, -0.25) is 0 Å². The van der Waals surface area contributed by atoms with E-state index in [1.165, 1.54) is 0 Å². The van der Waals surface area contributed by atoms with E-state index in [1.54, 1.807) is 12.1 Å². The maximum absolute atomic E-state index is 5.87. The Kier molecular flexibility index (Phi) is 3.37. The van der Waals surface area contributed by atoms with E-state index < -0.39 is 0 Å². The third kappa shape index (κ3) is 2.25. The molecule has 1 aromatic carbocycles. The van der Waals surface area contributed by atoms with Crippen molar-refractivity contribution >= 4 is 23.2 Å². The lowest BCUT2D eigenvalue weighted by atomic mass is 10.0. The quantitative estimate of drug-likeness (QED) is 0.752. The van der Waals surface area contributed by atoms with Crippen LogP contribution in [0.4, 0.5) is 0 Å². The molecular weight excluding hydrogens is 205 g/mol. The zero-order chi connectivity index (χ0) is 10.0. The molecule has 0 saturated heterocycles. The molecule has 13 heavy (non-hydrogen) atoms. The monoisotopic (exact) mass is 215 g/mol. The first-order valence-electron chi connectivity index (χ1n) is 3.90. The lowest BCUT2D eigenvalue weighted by Gasteiger charge is -2.11. The fourth-order valence-electron chi connectivity index (χ4n) is 1.15. The second-order valence-corrected chi connectivity index (χ2v) is 3.70. The van der Waals surface area contributed by atoms with Crippen LogP contribution in [-0.4, -0.2) is 0 Å². The molecular formula is C10H11Cl2N. The molecule has 2 N–H and O–H groups in total. The van der Waals surface area contributed by atoms with Crippen molar-refractivity contribution in [3.8, 4) is 0 Å². The SMILES string of the molecule is C=CC(N)c1cc(Cl)c(Cl)cc1C. The van der Waals surface area contributed by atoms with Crippen LogP contribution in [0.3, 0.4) is 0 Å². The molecule has 0 heterocycles. The van der Waals surface area contributed by atoms with Gasteiger partial charge in [-0.15, -0.1) is 6.58 Å². The third-order valence-electron chi connectivity index (χ3n) is 1.92. The second-order valence-electron chi connectivity index (χ2n) is 2.88. The lowest BCUT2D eigenvalue weighted by molar-refractivity contribution is 0.902. The van der Waals surface area contributed by atoms with Crippen molar-refractivity contribution < 1.29 is 0 Å². The van der Waals surface area contributed by atoms with E-state index in [0.29, 0.717) is 10.0 Å². The Bertz CT molecular complexity index is 334. The van der Waals surface area contributed by atoms with Crippen LogP contribution in [0.15, 0.2) is 24.8 Å². The van der Waals surface area contributed by atoms with Crippen LogP contribution in [0.2, 0.25) is 10.0 Å². The smallest absolute Gasteiger partial charge is 0.0595 e. The van der Waals surface area contributed by atoms with Crippen LogP contribution in [0, 0.1) is 6.92 Å². The van der Waals surface area contributed by atoms with Crippen molar-refractivity contribution in [3.05, 3.63) is 46.0 Å². The van der Waals surface area contributed by atoms with Crippen LogP contribution in [0.5, 0.6) is 0 Å². The van der Waals surface area contributed by atoms with Gasteiger partial charge in [0.2, 0.25) is 0 Å². The first-order chi connectivity index (χ1) is 6.06. The molecule has 1 nitrogen and oxygen atoms in total. The van der Waals surface area contributed by atoms with E-state index in [0.717, 1.165) is 11.1 Å². The Morgan fingerprint density at radius 2 is 1.92 bits per heavy atom. The maximum Gasteiger partial charge on any atom is 0.0595 e. The van der Waals surface area contributed by atoms with E-state index in [1.807, 2.05) is 13.0 Å². The molecule has 0 aliphatic rings. The number of aryl methyl sites for hydroxylation is 1. The number of halogens is 2. The molecule has 0 aromatic heterocycles. The first-order valence-corrected chi connectivity index (χ1v) is 4.65. The van der Waals surface area contributed by atoms with Gasteiger partial charge in [-0.1, -0.05) is 29.3 Å². The molecule has 0 saturated carbocycles. The van der Waals surface area contributed by atoms with Crippen LogP contribution >= 0.6 is 23.2 Å². The highest BCUT2D eigenvalue weighted by Gasteiger charge is 2.08. The molecule has 1 unspecified atom stereocenters. The van der Waals surface area contributed by atoms with E-state index in [2.05, 4.69) is 6.58 Å². The highest BCUT2D eigenvalue weighted by molar-refractivity contribution is 6.42. The molecule has 0 radical (unpaired) electrons. The minimum absolute atomic E-state index is 0.185. The summed E-state index contributed by atoms with van der Waals surface area (Å²) in [4.78, 5) is 0. The van der Waals surface area contributed by atoms with Crippen molar-refractivity contribution in [2.75, 3.05) is 0 Å². The van der Waals surface area contributed by atoms with E-state index >= 15 is 0 Å². The zero-order valence-corrected chi connectivity index (χ0v) is 8.86. The van der Waals surface area contributed by atoms with Gasteiger partial charge >= 0.3 is 0 Å². The molecule has 1 atom stereocenters. The topological polar surface area (TPSA) is 26.0 Å². The molecule has 0 spiro atoms. The maximum atomic E-state index is 5.87. The van der Waals surface area contributed by atoms with E-state index in [9.17, 15) is 0 Å². The molecule has 3 heteroatoms.